The monoisotopic (exact) mass is 458 g/mol. The van der Waals surface area contributed by atoms with Crippen LogP contribution in [0.2, 0.25) is 10.0 Å². The van der Waals surface area contributed by atoms with E-state index in [1.54, 1.807) is 18.2 Å². The summed E-state index contributed by atoms with van der Waals surface area (Å²) in [5.41, 5.74) is 3.82. The molecule has 0 N–H and O–H groups in total. The van der Waals surface area contributed by atoms with Crippen LogP contribution in [-0.2, 0) is 14.3 Å². The molecule has 2 aliphatic rings. The van der Waals surface area contributed by atoms with E-state index in [0.29, 0.717) is 29.4 Å². The summed E-state index contributed by atoms with van der Waals surface area (Å²) in [7, 11) is 0. The summed E-state index contributed by atoms with van der Waals surface area (Å²) in [5, 5.41) is 0.686. The average molecular weight is 459 g/mol. The fourth-order valence-corrected chi connectivity index (χ4v) is 4.75. The molecule has 4 rings (SSSR count). The van der Waals surface area contributed by atoms with Gasteiger partial charge in [-0.1, -0.05) is 47.0 Å². The van der Waals surface area contributed by atoms with Crippen molar-refractivity contribution in [1.82, 2.24) is 4.90 Å². The van der Waals surface area contributed by atoms with Crippen molar-refractivity contribution >= 4 is 46.3 Å². The van der Waals surface area contributed by atoms with Crippen molar-refractivity contribution in [3.8, 4) is 0 Å². The number of hydrogen-bond acceptors (Lipinski definition) is 4. The largest absolute Gasteiger partial charge is 0.372 e. The van der Waals surface area contributed by atoms with Crippen molar-refractivity contribution in [3.63, 3.8) is 0 Å². The Morgan fingerprint density at radius 3 is 2.26 bits per heavy atom. The molecule has 31 heavy (non-hydrogen) atoms. The van der Waals surface area contributed by atoms with Crippen LogP contribution in [0.3, 0.4) is 0 Å². The summed E-state index contributed by atoms with van der Waals surface area (Å²) in [4.78, 5) is 30.5. The summed E-state index contributed by atoms with van der Waals surface area (Å²) in [6, 6.07) is 10.6. The highest BCUT2D eigenvalue weighted by Gasteiger charge is 2.44. The van der Waals surface area contributed by atoms with Crippen LogP contribution >= 0.6 is 23.2 Å². The van der Waals surface area contributed by atoms with Gasteiger partial charge in [0.15, 0.2) is 0 Å². The first-order chi connectivity index (χ1) is 14.7. The Labute approximate surface area is 192 Å². The fraction of sp³-hybridized carbons (Fsp3) is 0.333. The molecule has 1 saturated heterocycles. The molecule has 5 nitrogen and oxygen atoms in total. The van der Waals surface area contributed by atoms with Crippen LogP contribution in [0.4, 0.5) is 5.69 Å². The third kappa shape index (κ3) is 3.98. The van der Waals surface area contributed by atoms with Crippen molar-refractivity contribution in [1.29, 1.82) is 0 Å². The van der Waals surface area contributed by atoms with Crippen molar-refractivity contribution < 1.29 is 14.3 Å². The molecule has 2 aliphatic heterocycles. The lowest BCUT2D eigenvalue weighted by molar-refractivity contribution is -0.121. The van der Waals surface area contributed by atoms with E-state index in [4.69, 9.17) is 27.9 Å². The van der Waals surface area contributed by atoms with Gasteiger partial charge in [0.2, 0.25) is 0 Å². The summed E-state index contributed by atoms with van der Waals surface area (Å²) in [6.45, 7) is 8.91. The SMILES string of the molecule is Cc1ccc(C2=C(N3CC(C)OC(C)C3)C(=O)N(c3cc(Cl)ccc3Cl)C2=O)c(C)c1. The Morgan fingerprint density at radius 1 is 0.935 bits per heavy atom. The number of hydrogen-bond donors (Lipinski definition) is 0. The number of aryl methyl sites for hydroxylation is 2. The Morgan fingerprint density at radius 2 is 1.61 bits per heavy atom. The van der Waals surface area contributed by atoms with E-state index in [9.17, 15) is 9.59 Å². The number of anilines is 1. The highest BCUT2D eigenvalue weighted by atomic mass is 35.5. The van der Waals surface area contributed by atoms with Crippen LogP contribution < -0.4 is 4.90 Å². The van der Waals surface area contributed by atoms with Gasteiger partial charge in [0.25, 0.3) is 11.8 Å². The molecule has 0 aliphatic carbocycles. The van der Waals surface area contributed by atoms with Crippen LogP contribution in [0.5, 0.6) is 0 Å². The Balaban J connectivity index is 1.90. The van der Waals surface area contributed by atoms with E-state index in [1.807, 2.05) is 50.8 Å². The number of halogens is 2. The second kappa shape index (κ2) is 8.30. The molecule has 0 saturated carbocycles. The summed E-state index contributed by atoms with van der Waals surface area (Å²) in [5.74, 6) is -0.798. The first kappa shape index (κ1) is 21.9. The smallest absolute Gasteiger partial charge is 0.282 e. The van der Waals surface area contributed by atoms with Gasteiger partial charge in [0, 0.05) is 18.1 Å². The van der Waals surface area contributed by atoms with Gasteiger partial charge in [0.1, 0.15) is 5.70 Å². The summed E-state index contributed by atoms with van der Waals surface area (Å²) in [6.07, 6.45) is -0.133. The predicted octanol–water partition coefficient (Wildman–Crippen LogP) is 5.00. The van der Waals surface area contributed by atoms with Gasteiger partial charge in [-0.2, -0.15) is 0 Å². The van der Waals surface area contributed by atoms with Gasteiger partial charge in [-0.3, -0.25) is 9.59 Å². The van der Waals surface area contributed by atoms with E-state index < -0.39 is 11.8 Å². The third-order valence-electron chi connectivity index (χ3n) is 5.60. The lowest BCUT2D eigenvalue weighted by atomic mass is 9.97. The molecule has 7 heteroatoms. The Kier molecular flexibility index (Phi) is 5.86. The average Bonchev–Trinajstić information content (AvgIpc) is 2.93. The van der Waals surface area contributed by atoms with E-state index in [0.717, 1.165) is 21.6 Å². The quantitative estimate of drug-likeness (QED) is 0.606. The van der Waals surface area contributed by atoms with Crippen LogP contribution in [0.15, 0.2) is 42.1 Å². The lowest BCUT2D eigenvalue weighted by Crippen LogP contribution is -2.47. The van der Waals surface area contributed by atoms with Gasteiger partial charge in [-0.15, -0.1) is 0 Å². The minimum Gasteiger partial charge on any atom is -0.372 e. The van der Waals surface area contributed by atoms with Crippen molar-refractivity contribution in [2.45, 2.75) is 39.9 Å². The first-order valence-electron chi connectivity index (χ1n) is 10.2. The first-order valence-corrected chi connectivity index (χ1v) is 11.0. The highest BCUT2D eigenvalue weighted by Crippen LogP contribution is 2.40. The number of carbonyl (C=O) groups is 2. The topological polar surface area (TPSA) is 49.9 Å². The molecule has 0 aromatic heterocycles. The molecule has 1 fully saturated rings. The Hall–Kier alpha value is -2.34. The van der Waals surface area contributed by atoms with Crippen molar-refractivity contribution in [3.05, 3.63) is 68.8 Å². The Bertz CT molecular complexity index is 1100. The maximum atomic E-state index is 13.7. The van der Waals surface area contributed by atoms with Gasteiger partial charge in [0.05, 0.1) is 28.5 Å². The number of carbonyl (C=O) groups excluding carboxylic acids is 2. The number of imide groups is 1. The van der Waals surface area contributed by atoms with Crippen LogP contribution in [0.1, 0.15) is 30.5 Å². The number of ether oxygens (including phenoxy) is 1. The zero-order chi connectivity index (χ0) is 22.4. The van der Waals surface area contributed by atoms with E-state index >= 15 is 0 Å². The molecule has 2 unspecified atom stereocenters. The van der Waals surface area contributed by atoms with Gasteiger partial charge >= 0.3 is 0 Å². The van der Waals surface area contributed by atoms with Crippen LogP contribution in [0.25, 0.3) is 5.57 Å². The van der Waals surface area contributed by atoms with E-state index in [-0.39, 0.29) is 22.9 Å². The van der Waals surface area contributed by atoms with Crippen LogP contribution in [0, 0.1) is 13.8 Å². The minimum absolute atomic E-state index is 0.0664. The van der Waals surface area contributed by atoms with Gasteiger partial charge < -0.3 is 9.64 Å². The number of benzene rings is 2. The molecule has 2 aromatic rings. The van der Waals surface area contributed by atoms with E-state index in [1.165, 1.54) is 0 Å². The maximum absolute atomic E-state index is 13.7. The number of morpholine rings is 1. The fourth-order valence-electron chi connectivity index (χ4n) is 4.38. The standard InChI is InChI=1S/C24H24Cl2N2O3/c1-13-5-7-18(14(2)9-13)21-22(27-11-15(3)31-16(4)12-27)24(30)28(23(21)29)20-10-17(25)6-8-19(20)26/h5-10,15-16H,11-12H2,1-4H3. The van der Waals surface area contributed by atoms with Crippen molar-refractivity contribution in [2.75, 3.05) is 18.0 Å². The van der Waals surface area contributed by atoms with Crippen LogP contribution in [-0.4, -0.2) is 42.0 Å². The second-order valence-electron chi connectivity index (χ2n) is 8.25. The molecule has 2 atom stereocenters. The third-order valence-corrected chi connectivity index (χ3v) is 6.15. The number of nitrogens with zero attached hydrogens (tertiary/aromatic N) is 2. The van der Waals surface area contributed by atoms with Gasteiger partial charge in [-0.25, -0.2) is 4.90 Å². The number of rotatable bonds is 3. The molecular weight excluding hydrogens is 435 g/mol. The summed E-state index contributed by atoms with van der Waals surface area (Å²) < 4.78 is 5.85. The zero-order valence-corrected chi connectivity index (χ0v) is 19.4. The molecule has 0 spiro atoms. The normalized spacial score (nSPS) is 22.0. The molecule has 162 valence electrons. The molecule has 2 heterocycles. The lowest BCUT2D eigenvalue weighted by Gasteiger charge is -2.37. The summed E-state index contributed by atoms with van der Waals surface area (Å²) >= 11 is 12.5. The number of amides is 2. The van der Waals surface area contributed by atoms with Gasteiger partial charge in [-0.05, 0) is 57.0 Å². The molecule has 2 aromatic carbocycles. The molecule has 0 bridgehead atoms. The molecule has 0 radical (unpaired) electrons. The molecule has 2 amide bonds. The molecular formula is C24H24Cl2N2O3. The highest BCUT2D eigenvalue weighted by molar-refractivity contribution is 6.47. The van der Waals surface area contributed by atoms with E-state index in [2.05, 4.69) is 0 Å². The minimum atomic E-state index is -0.400. The zero-order valence-electron chi connectivity index (χ0n) is 17.9. The maximum Gasteiger partial charge on any atom is 0.282 e. The predicted molar refractivity (Wildman–Crippen MR) is 123 cm³/mol. The second-order valence-corrected chi connectivity index (χ2v) is 9.09. The van der Waals surface area contributed by atoms with Crippen molar-refractivity contribution in [2.24, 2.45) is 0 Å².